The van der Waals surface area contributed by atoms with E-state index in [-0.39, 0.29) is 12.5 Å². The minimum Gasteiger partial charge on any atom is -0.497 e. The number of methoxy groups -OCH3 is 1. The fourth-order valence-corrected chi connectivity index (χ4v) is 3.44. The highest BCUT2D eigenvalue weighted by atomic mass is 32.1. The van der Waals surface area contributed by atoms with Gasteiger partial charge in [-0.3, -0.25) is 9.78 Å². The van der Waals surface area contributed by atoms with Gasteiger partial charge >= 0.3 is 0 Å². The SMILES string of the molecule is COc1ccc2c(ccn2CC(=O)Nc2nc(-c3ccccn3)cs2)c1. The van der Waals surface area contributed by atoms with Crippen molar-refractivity contribution in [2.75, 3.05) is 12.4 Å². The summed E-state index contributed by atoms with van der Waals surface area (Å²) < 4.78 is 7.13. The zero-order valence-corrected chi connectivity index (χ0v) is 14.9. The van der Waals surface area contributed by atoms with Gasteiger partial charge in [0, 0.05) is 28.7 Å². The van der Waals surface area contributed by atoms with Gasteiger partial charge in [-0.1, -0.05) is 6.07 Å². The van der Waals surface area contributed by atoms with Gasteiger partial charge in [0.2, 0.25) is 5.91 Å². The number of aromatic nitrogens is 3. The van der Waals surface area contributed by atoms with Crippen LogP contribution in [0.1, 0.15) is 0 Å². The van der Waals surface area contributed by atoms with Crippen LogP contribution >= 0.6 is 11.3 Å². The molecule has 0 atom stereocenters. The summed E-state index contributed by atoms with van der Waals surface area (Å²) in [7, 11) is 1.64. The second-order valence-electron chi connectivity index (χ2n) is 5.67. The van der Waals surface area contributed by atoms with E-state index in [2.05, 4.69) is 15.3 Å². The number of carbonyl (C=O) groups is 1. The monoisotopic (exact) mass is 364 g/mol. The zero-order valence-electron chi connectivity index (χ0n) is 14.0. The third-order valence-electron chi connectivity index (χ3n) is 3.97. The van der Waals surface area contributed by atoms with Gasteiger partial charge < -0.3 is 14.6 Å². The normalized spacial score (nSPS) is 10.8. The van der Waals surface area contributed by atoms with Crippen LogP contribution in [0.3, 0.4) is 0 Å². The highest BCUT2D eigenvalue weighted by Gasteiger charge is 2.11. The molecule has 0 spiro atoms. The van der Waals surface area contributed by atoms with E-state index >= 15 is 0 Å². The number of fused-ring (bicyclic) bond motifs is 1. The Morgan fingerprint density at radius 2 is 2.15 bits per heavy atom. The number of anilines is 1. The maximum Gasteiger partial charge on any atom is 0.246 e. The minimum absolute atomic E-state index is 0.125. The molecule has 1 N–H and O–H groups in total. The Labute approximate surface area is 154 Å². The number of carbonyl (C=O) groups excluding carboxylic acids is 1. The smallest absolute Gasteiger partial charge is 0.246 e. The molecule has 0 radical (unpaired) electrons. The van der Waals surface area contributed by atoms with Crippen LogP contribution in [-0.2, 0) is 11.3 Å². The predicted molar refractivity (Wildman–Crippen MR) is 102 cm³/mol. The fraction of sp³-hybridized carbons (Fsp3) is 0.105. The average molecular weight is 364 g/mol. The summed E-state index contributed by atoms with van der Waals surface area (Å²) in [5.74, 6) is 0.671. The topological polar surface area (TPSA) is 69.0 Å². The van der Waals surface area contributed by atoms with Crippen LogP contribution in [-0.4, -0.2) is 27.6 Å². The quantitative estimate of drug-likeness (QED) is 0.585. The molecule has 3 aromatic heterocycles. The number of amides is 1. The van der Waals surface area contributed by atoms with Crippen molar-refractivity contribution in [3.8, 4) is 17.1 Å². The summed E-state index contributed by atoms with van der Waals surface area (Å²) in [4.78, 5) is 21.1. The maximum absolute atomic E-state index is 12.4. The summed E-state index contributed by atoms with van der Waals surface area (Å²) in [5, 5.41) is 6.33. The molecular formula is C19H16N4O2S. The minimum atomic E-state index is -0.125. The molecule has 3 heterocycles. The van der Waals surface area contributed by atoms with Crippen molar-refractivity contribution in [2.45, 2.75) is 6.54 Å². The molecule has 1 aromatic carbocycles. The number of rotatable bonds is 5. The van der Waals surface area contributed by atoms with Crippen molar-refractivity contribution in [1.29, 1.82) is 0 Å². The van der Waals surface area contributed by atoms with E-state index in [1.807, 2.05) is 58.6 Å². The summed E-state index contributed by atoms with van der Waals surface area (Å²) in [5.41, 5.74) is 2.52. The Hall–Kier alpha value is -3.19. The molecule has 0 aliphatic carbocycles. The summed E-state index contributed by atoms with van der Waals surface area (Å²) in [6, 6.07) is 13.4. The van der Waals surface area contributed by atoms with Gasteiger partial charge in [0.15, 0.2) is 5.13 Å². The lowest BCUT2D eigenvalue weighted by molar-refractivity contribution is -0.116. The maximum atomic E-state index is 12.4. The van der Waals surface area contributed by atoms with Crippen LogP contribution in [0.2, 0.25) is 0 Å². The first-order valence-electron chi connectivity index (χ1n) is 8.02. The van der Waals surface area contributed by atoms with Crippen molar-refractivity contribution < 1.29 is 9.53 Å². The van der Waals surface area contributed by atoms with Crippen LogP contribution in [0.25, 0.3) is 22.3 Å². The molecule has 0 aliphatic rings. The molecule has 0 bridgehead atoms. The third kappa shape index (κ3) is 3.29. The fourth-order valence-electron chi connectivity index (χ4n) is 2.72. The number of nitrogens with one attached hydrogen (secondary N) is 1. The number of pyridine rings is 1. The number of ether oxygens (including phenoxy) is 1. The van der Waals surface area contributed by atoms with E-state index in [0.29, 0.717) is 5.13 Å². The first-order chi connectivity index (χ1) is 12.7. The van der Waals surface area contributed by atoms with Gasteiger partial charge in [0.05, 0.1) is 12.8 Å². The van der Waals surface area contributed by atoms with Crippen LogP contribution in [0.4, 0.5) is 5.13 Å². The molecule has 7 heteroatoms. The van der Waals surface area contributed by atoms with Gasteiger partial charge in [-0.25, -0.2) is 4.98 Å². The van der Waals surface area contributed by atoms with Crippen LogP contribution in [0.5, 0.6) is 5.75 Å². The van der Waals surface area contributed by atoms with Gasteiger partial charge in [0.1, 0.15) is 18.0 Å². The highest BCUT2D eigenvalue weighted by molar-refractivity contribution is 7.14. The molecule has 0 aliphatic heterocycles. The van der Waals surface area contributed by atoms with Crippen LogP contribution < -0.4 is 10.1 Å². The Morgan fingerprint density at radius 1 is 1.23 bits per heavy atom. The van der Waals surface area contributed by atoms with Crippen molar-refractivity contribution in [3.05, 3.63) is 60.2 Å². The first kappa shape index (κ1) is 16.3. The lowest BCUT2D eigenvalue weighted by atomic mass is 10.2. The molecule has 0 saturated heterocycles. The second kappa shape index (κ2) is 6.97. The molecule has 0 fully saturated rings. The second-order valence-corrected chi connectivity index (χ2v) is 6.53. The number of hydrogen-bond donors (Lipinski definition) is 1. The van der Waals surface area contributed by atoms with E-state index in [1.165, 1.54) is 11.3 Å². The summed E-state index contributed by atoms with van der Waals surface area (Å²) in [6.07, 6.45) is 3.62. The van der Waals surface area contributed by atoms with Gasteiger partial charge in [-0.05, 0) is 36.4 Å². The molecule has 0 unspecified atom stereocenters. The molecular weight excluding hydrogens is 348 g/mol. The lowest BCUT2D eigenvalue weighted by Gasteiger charge is -2.06. The Bertz CT molecular complexity index is 1060. The molecule has 26 heavy (non-hydrogen) atoms. The largest absolute Gasteiger partial charge is 0.497 e. The zero-order chi connectivity index (χ0) is 17.9. The number of benzene rings is 1. The predicted octanol–water partition coefficient (Wildman–Crippen LogP) is 3.81. The van der Waals surface area contributed by atoms with Crippen molar-refractivity contribution in [1.82, 2.24) is 14.5 Å². The molecule has 6 nitrogen and oxygen atoms in total. The van der Waals surface area contributed by atoms with E-state index < -0.39 is 0 Å². The van der Waals surface area contributed by atoms with E-state index in [4.69, 9.17) is 4.74 Å². The number of thiazole rings is 1. The summed E-state index contributed by atoms with van der Waals surface area (Å²) >= 11 is 1.39. The van der Waals surface area contributed by atoms with Gasteiger partial charge in [-0.15, -0.1) is 11.3 Å². The van der Waals surface area contributed by atoms with Crippen molar-refractivity contribution >= 4 is 33.3 Å². The molecule has 4 rings (SSSR count). The number of hydrogen-bond acceptors (Lipinski definition) is 5. The Balaban J connectivity index is 1.47. The molecule has 0 saturated carbocycles. The Kier molecular flexibility index (Phi) is 4.37. The van der Waals surface area contributed by atoms with E-state index in [9.17, 15) is 4.79 Å². The van der Waals surface area contributed by atoms with E-state index in [0.717, 1.165) is 28.0 Å². The van der Waals surface area contributed by atoms with Gasteiger partial charge in [-0.2, -0.15) is 0 Å². The van der Waals surface area contributed by atoms with Crippen molar-refractivity contribution in [2.24, 2.45) is 0 Å². The highest BCUT2D eigenvalue weighted by Crippen LogP contribution is 2.24. The van der Waals surface area contributed by atoms with Crippen LogP contribution in [0, 0.1) is 0 Å². The first-order valence-corrected chi connectivity index (χ1v) is 8.90. The third-order valence-corrected chi connectivity index (χ3v) is 4.73. The molecule has 4 aromatic rings. The average Bonchev–Trinajstić information content (AvgIpc) is 3.29. The lowest BCUT2D eigenvalue weighted by Crippen LogP contribution is -2.18. The molecule has 130 valence electrons. The standard InChI is InChI=1S/C19H16N4O2S/c1-25-14-5-6-17-13(10-14)7-9-23(17)11-18(24)22-19-21-16(12-26-19)15-4-2-3-8-20-15/h2-10,12H,11H2,1H3,(H,21,22,24). The van der Waals surface area contributed by atoms with Gasteiger partial charge in [0.25, 0.3) is 0 Å². The van der Waals surface area contributed by atoms with E-state index in [1.54, 1.807) is 13.3 Å². The van der Waals surface area contributed by atoms with Crippen LogP contribution in [0.15, 0.2) is 60.2 Å². The Morgan fingerprint density at radius 3 is 2.96 bits per heavy atom. The number of nitrogens with zero attached hydrogens (tertiary/aromatic N) is 3. The van der Waals surface area contributed by atoms with Crippen molar-refractivity contribution in [3.63, 3.8) is 0 Å². The summed E-state index contributed by atoms with van der Waals surface area (Å²) in [6.45, 7) is 0.217. The molecule has 1 amide bonds.